The first-order chi connectivity index (χ1) is 56.4. The Balaban J connectivity index is 0.689. The molecule has 0 bridgehead atoms. The van der Waals surface area contributed by atoms with Gasteiger partial charge in [-0.1, -0.05) is 227 Å². The molecular formula is C108H150O6. The van der Waals surface area contributed by atoms with Crippen LogP contribution in [0, 0.1) is 23.7 Å². The number of benzene rings is 8. The van der Waals surface area contributed by atoms with E-state index in [-0.39, 0.29) is 0 Å². The monoisotopic (exact) mass is 1540 g/mol. The summed E-state index contributed by atoms with van der Waals surface area (Å²) in [6, 6.07) is 60.0. The third kappa shape index (κ3) is 27.6. The summed E-state index contributed by atoms with van der Waals surface area (Å²) in [4.78, 5) is 0. The number of ether oxygens (including phenoxy) is 6. The number of fused-ring (bicyclic) bond motifs is 2. The first-order valence-electron chi connectivity index (χ1n) is 47.6. The molecule has 6 heteroatoms. The molecule has 618 valence electrons. The number of aryl methyl sites for hydroxylation is 2. The van der Waals surface area contributed by atoms with Crippen LogP contribution in [0.3, 0.4) is 0 Å². The topological polar surface area (TPSA) is 55.4 Å². The predicted octanol–water partition coefficient (Wildman–Crippen LogP) is 31.9. The minimum absolute atomic E-state index is 0.621. The van der Waals surface area contributed by atoms with Crippen LogP contribution in [-0.2, 0) is 12.8 Å². The molecule has 114 heavy (non-hydrogen) atoms. The molecular weight excluding hydrogens is 1390 g/mol. The molecule has 0 atom stereocenters. The lowest BCUT2D eigenvalue weighted by atomic mass is 9.77. The smallest absolute Gasteiger partial charge is 0.127 e. The number of hydrogen-bond donors (Lipinski definition) is 0. The summed E-state index contributed by atoms with van der Waals surface area (Å²) in [7, 11) is 0. The van der Waals surface area contributed by atoms with E-state index in [1.54, 1.807) is 0 Å². The van der Waals surface area contributed by atoms with Gasteiger partial charge in [-0.15, -0.1) is 0 Å². The molecule has 0 N–H and O–H groups in total. The van der Waals surface area contributed by atoms with Crippen LogP contribution < -0.4 is 28.4 Å². The summed E-state index contributed by atoms with van der Waals surface area (Å²) in [6.45, 7) is 13.4. The van der Waals surface area contributed by atoms with E-state index in [4.69, 9.17) is 28.4 Å². The van der Waals surface area contributed by atoms with E-state index < -0.39 is 0 Å². The molecule has 0 amide bonds. The SMILES string of the molecule is CCCCCC1CCC(c2ccc(OCCCCCOc3ccc4cc(CCCCCOc5ccc(C6CCC(CCCCC)CC6)cc5)ccc4c3-c3c(OCCCCCOc4ccc(C5CCC(CCCCC)CC5)cc4)ccc4cc(CCCCCOc5ccc(C6CCC(CCCCC)CC6)cc5)ccc34)cc2)CC1. The van der Waals surface area contributed by atoms with Crippen molar-refractivity contribution in [3.05, 3.63) is 191 Å². The molecule has 0 aliphatic heterocycles. The van der Waals surface area contributed by atoms with E-state index in [2.05, 4.69) is 185 Å². The van der Waals surface area contributed by atoms with E-state index in [9.17, 15) is 0 Å². The number of hydrogen-bond acceptors (Lipinski definition) is 6. The van der Waals surface area contributed by atoms with Gasteiger partial charge in [-0.25, -0.2) is 0 Å². The summed E-state index contributed by atoms with van der Waals surface area (Å²) in [5.74, 6) is 12.3. The van der Waals surface area contributed by atoms with Crippen LogP contribution in [-0.4, -0.2) is 39.6 Å². The molecule has 0 unspecified atom stereocenters. The molecule has 0 aromatic heterocycles. The maximum Gasteiger partial charge on any atom is 0.127 e. The molecule has 4 fully saturated rings. The summed E-state index contributed by atoms with van der Waals surface area (Å²) in [6.07, 6.45) is 58.4. The summed E-state index contributed by atoms with van der Waals surface area (Å²) in [5.41, 5.74) is 11.0. The van der Waals surface area contributed by atoms with Crippen molar-refractivity contribution >= 4 is 21.5 Å². The molecule has 0 radical (unpaired) electrons. The van der Waals surface area contributed by atoms with Gasteiger partial charge >= 0.3 is 0 Å². The van der Waals surface area contributed by atoms with E-state index in [0.717, 1.165) is 172 Å². The Morgan fingerprint density at radius 1 is 0.228 bits per heavy atom. The Kier molecular flexibility index (Phi) is 36.9. The lowest BCUT2D eigenvalue weighted by molar-refractivity contribution is 0.278. The second kappa shape index (κ2) is 48.7. The van der Waals surface area contributed by atoms with Crippen LogP contribution in [0.5, 0.6) is 34.5 Å². The second-order valence-corrected chi connectivity index (χ2v) is 36.0. The van der Waals surface area contributed by atoms with E-state index in [0.29, 0.717) is 50.1 Å². The van der Waals surface area contributed by atoms with Gasteiger partial charge in [0.05, 0.1) is 39.6 Å². The van der Waals surface area contributed by atoms with E-state index in [1.807, 2.05) is 0 Å². The minimum Gasteiger partial charge on any atom is -0.494 e. The van der Waals surface area contributed by atoms with Crippen molar-refractivity contribution in [3.63, 3.8) is 0 Å². The second-order valence-electron chi connectivity index (χ2n) is 36.0. The minimum atomic E-state index is 0.621. The van der Waals surface area contributed by atoms with Gasteiger partial charge in [-0.3, -0.25) is 0 Å². The van der Waals surface area contributed by atoms with Gasteiger partial charge in [0.1, 0.15) is 34.5 Å². The molecule has 6 nitrogen and oxygen atoms in total. The van der Waals surface area contributed by atoms with Gasteiger partial charge in [0.2, 0.25) is 0 Å². The van der Waals surface area contributed by atoms with E-state index in [1.165, 1.54) is 260 Å². The highest BCUT2D eigenvalue weighted by atomic mass is 16.5. The Labute approximate surface area is 692 Å². The average Bonchev–Trinajstić information content (AvgIpc) is 0.748. The van der Waals surface area contributed by atoms with E-state index >= 15 is 0 Å². The van der Waals surface area contributed by atoms with Crippen molar-refractivity contribution in [2.75, 3.05) is 39.6 Å². The zero-order valence-electron chi connectivity index (χ0n) is 71.8. The summed E-state index contributed by atoms with van der Waals surface area (Å²) in [5, 5.41) is 4.87. The van der Waals surface area contributed by atoms with Gasteiger partial charge in [0.15, 0.2) is 0 Å². The fourth-order valence-electron chi connectivity index (χ4n) is 20.1. The Bertz CT molecular complexity index is 3680. The van der Waals surface area contributed by atoms with Crippen LogP contribution in [0.25, 0.3) is 32.7 Å². The third-order valence-corrected chi connectivity index (χ3v) is 27.4. The molecule has 4 aliphatic carbocycles. The van der Waals surface area contributed by atoms with Crippen LogP contribution in [0.2, 0.25) is 0 Å². The molecule has 0 saturated heterocycles. The largest absolute Gasteiger partial charge is 0.494 e. The van der Waals surface area contributed by atoms with Gasteiger partial charge < -0.3 is 28.4 Å². The van der Waals surface area contributed by atoms with Gasteiger partial charge in [-0.2, -0.15) is 0 Å². The van der Waals surface area contributed by atoms with Crippen LogP contribution >= 0.6 is 0 Å². The lowest BCUT2D eigenvalue weighted by Gasteiger charge is -2.29. The Hall–Kier alpha value is -6.92. The van der Waals surface area contributed by atoms with Crippen molar-refractivity contribution in [1.82, 2.24) is 0 Å². The first kappa shape index (κ1) is 86.4. The molecule has 0 spiro atoms. The Morgan fingerprint density at radius 3 is 0.746 bits per heavy atom. The molecule has 4 aliphatic rings. The third-order valence-electron chi connectivity index (χ3n) is 27.4. The Morgan fingerprint density at radius 2 is 0.482 bits per heavy atom. The summed E-state index contributed by atoms with van der Waals surface area (Å²) >= 11 is 0. The quantitative estimate of drug-likeness (QED) is 0.0354. The van der Waals surface area contributed by atoms with Crippen molar-refractivity contribution in [1.29, 1.82) is 0 Å². The standard InChI is InChI=1S/C108H150O6/c1-5-9-17-29-83-35-45-89(46-36-83)93-53-63-99(64-54-93)109-75-23-13-21-33-87-43-71-103-97(81-87)61-73-105(113-79-27-15-25-77-111-101-67-57-95(58-68-101)91-49-39-85(40-50-91)31-19-11-7-3)107(103)108-104-72-44-88(34-22-14-24-76-110-100-65-55-94(56-66-100)90-47-37-84(38-48-90)30-18-10-6-2)82-98(104)62-74-106(108)114-80-28-16-26-78-112-102-69-59-96(60-70-102)92-51-41-86(42-52-92)32-20-12-8-4/h43-44,53-74,81-86,89-92H,5-42,45-52,75-80H2,1-4H3. The highest BCUT2D eigenvalue weighted by Crippen LogP contribution is 2.48. The van der Waals surface area contributed by atoms with Crippen molar-refractivity contribution in [3.8, 4) is 45.6 Å². The number of rotatable bonds is 51. The molecule has 8 aromatic rings. The first-order valence-corrected chi connectivity index (χ1v) is 47.6. The fourth-order valence-corrected chi connectivity index (χ4v) is 20.1. The molecule has 8 aromatic carbocycles. The molecule has 4 saturated carbocycles. The maximum absolute atomic E-state index is 7.10. The van der Waals surface area contributed by atoms with Crippen LogP contribution in [0.1, 0.15) is 367 Å². The fraction of sp³-hybridized carbons (Fsp3) is 0.593. The van der Waals surface area contributed by atoms with Crippen LogP contribution in [0.4, 0.5) is 0 Å². The predicted molar refractivity (Wildman–Crippen MR) is 484 cm³/mol. The average molecular weight is 1540 g/mol. The zero-order valence-corrected chi connectivity index (χ0v) is 71.8. The maximum atomic E-state index is 7.10. The highest BCUT2D eigenvalue weighted by Gasteiger charge is 2.28. The van der Waals surface area contributed by atoms with Gasteiger partial charge in [0, 0.05) is 11.1 Å². The van der Waals surface area contributed by atoms with Crippen molar-refractivity contribution in [2.45, 2.75) is 347 Å². The highest BCUT2D eigenvalue weighted by molar-refractivity contribution is 6.10. The van der Waals surface area contributed by atoms with Gasteiger partial charge in [-0.05, 0) is 356 Å². The molecule has 12 rings (SSSR count). The van der Waals surface area contributed by atoms with Crippen molar-refractivity contribution in [2.24, 2.45) is 23.7 Å². The summed E-state index contributed by atoms with van der Waals surface area (Å²) < 4.78 is 39.7. The van der Waals surface area contributed by atoms with Crippen molar-refractivity contribution < 1.29 is 28.4 Å². The van der Waals surface area contributed by atoms with Crippen LogP contribution in [0.15, 0.2) is 158 Å². The normalized spacial score (nSPS) is 19.9. The number of unbranched alkanes of at least 4 members (excludes halogenated alkanes) is 16. The molecule has 0 heterocycles. The lowest BCUT2D eigenvalue weighted by Crippen LogP contribution is -2.13. The van der Waals surface area contributed by atoms with Gasteiger partial charge in [0.25, 0.3) is 0 Å². The zero-order chi connectivity index (χ0) is 78.4.